The largest absolute Gasteiger partial charge is 0.488 e. The zero-order chi connectivity index (χ0) is 14.5. The van der Waals surface area contributed by atoms with Crippen molar-refractivity contribution >= 4 is 12.0 Å². The molecule has 0 aromatic heterocycles. The first kappa shape index (κ1) is 14.0. The van der Waals surface area contributed by atoms with Crippen molar-refractivity contribution in [3.8, 4) is 17.2 Å². The summed E-state index contributed by atoms with van der Waals surface area (Å²) in [5, 5.41) is 8.72. The molecule has 0 unspecified atom stereocenters. The van der Waals surface area contributed by atoms with Crippen LogP contribution in [0.15, 0.2) is 30.4 Å². The maximum absolute atomic E-state index is 10.6. The highest BCUT2D eigenvalue weighted by Crippen LogP contribution is 2.38. The van der Waals surface area contributed by atoms with E-state index < -0.39 is 5.97 Å². The van der Waals surface area contributed by atoms with E-state index in [1.54, 1.807) is 12.1 Å². The van der Waals surface area contributed by atoms with E-state index in [0.717, 1.165) is 18.1 Å². The molecule has 2 rings (SSSR count). The van der Waals surface area contributed by atoms with E-state index in [4.69, 9.17) is 19.3 Å². The molecule has 106 valence electrons. The Balaban J connectivity index is 2.27. The Labute approximate surface area is 117 Å². The van der Waals surface area contributed by atoms with Gasteiger partial charge in [0.05, 0.1) is 0 Å². The molecule has 0 aliphatic carbocycles. The lowest BCUT2D eigenvalue weighted by molar-refractivity contribution is -0.131. The van der Waals surface area contributed by atoms with Gasteiger partial charge in [0.15, 0.2) is 11.5 Å². The Morgan fingerprint density at radius 1 is 1.45 bits per heavy atom. The highest BCUT2D eigenvalue weighted by Gasteiger charge is 2.17. The molecule has 1 aliphatic heterocycles. The molecule has 0 amide bonds. The van der Waals surface area contributed by atoms with Gasteiger partial charge in [0.2, 0.25) is 6.79 Å². The van der Waals surface area contributed by atoms with E-state index in [9.17, 15) is 4.79 Å². The van der Waals surface area contributed by atoms with Crippen molar-refractivity contribution in [2.75, 3.05) is 13.4 Å². The van der Waals surface area contributed by atoms with E-state index in [-0.39, 0.29) is 6.79 Å². The van der Waals surface area contributed by atoms with Gasteiger partial charge in [0, 0.05) is 17.7 Å². The van der Waals surface area contributed by atoms with Crippen molar-refractivity contribution in [3.63, 3.8) is 0 Å². The lowest BCUT2D eigenvalue weighted by Crippen LogP contribution is -2.01. The van der Waals surface area contributed by atoms with Crippen molar-refractivity contribution in [1.29, 1.82) is 0 Å². The van der Waals surface area contributed by atoms with Gasteiger partial charge < -0.3 is 19.3 Å². The van der Waals surface area contributed by atoms with Crippen LogP contribution in [0.1, 0.15) is 18.9 Å². The summed E-state index contributed by atoms with van der Waals surface area (Å²) in [7, 11) is 0. The third kappa shape index (κ3) is 3.32. The quantitative estimate of drug-likeness (QED) is 0.639. The van der Waals surface area contributed by atoms with Crippen LogP contribution in [0.3, 0.4) is 0 Å². The number of benzene rings is 1. The van der Waals surface area contributed by atoms with Crippen LogP contribution in [-0.4, -0.2) is 24.5 Å². The second-order valence-electron chi connectivity index (χ2n) is 4.31. The SMILES string of the molecule is C=C(CC)COc1cc2c(cc1C=CC(=O)O)OCO2. The summed E-state index contributed by atoms with van der Waals surface area (Å²) in [6, 6.07) is 3.40. The van der Waals surface area contributed by atoms with Crippen molar-refractivity contribution < 1.29 is 24.1 Å². The van der Waals surface area contributed by atoms with Crippen LogP contribution in [-0.2, 0) is 4.79 Å². The minimum absolute atomic E-state index is 0.155. The summed E-state index contributed by atoms with van der Waals surface area (Å²) in [6.45, 7) is 6.40. The second-order valence-corrected chi connectivity index (χ2v) is 4.31. The van der Waals surface area contributed by atoms with Crippen LogP contribution >= 0.6 is 0 Å². The summed E-state index contributed by atoms with van der Waals surface area (Å²) in [4.78, 5) is 10.6. The van der Waals surface area contributed by atoms with Crippen LogP contribution in [0, 0.1) is 0 Å². The average molecular weight is 276 g/mol. The summed E-state index contributed by atoms with van der Waals surface area (Å²) in [5.41, 5.74) is 1.58. The number of fused-ring (bicyclic) bond motifs is 1. The normalized spacial score (nSPS) is 12.7. The molecule has 1 aromatic rings. The van der Waals surface area contributed by atoms with Gasteiger partial charge in [-0.1, -0.05) is 13.5 Å². The van der Waals surface area contributed by atoms with Gasteiger partial charge in [0.25, 0.3) is 0 Å². The molecule has 0 saturated heterocycles. The Bertz CT molecular complexity index is 560. The first-order valence-corrected chi connectivity index (χ1v) is 6.24. The number of carboxylic acids is 1. The van der Waals surface area contributed by atoms with Gasteiger partial charge in [0.1, 0.15) is 12.4 Å². The summed E-state index contributed by atoms with van der Waals surface area (Å²) in [5.74, 6) is 0.694. The third-order valence-corrected chi connectivity index (χ3v) is 2.84. The second kappa shape index (κ2) is 6.14. The zero-order valence-corrected chi connectivity index (χ0v) is 11.2. The monoisotopic (exact) mass is 276 g/mol. The molecule has 0 saturated carbocycles. The third-order valence-electron chi connectivity index (χ3n) is 2.84. The molecule has 1 aromatic carbocycles. The maximum Gasteiger partial charge on any atom is 0.328 e. The number of hydrogen-bond acceptors (Lipinski definition) is 4. The molecule has 1 aliphatic rings. The fourth-order valence-corrected chi connectivity index (χ4v) is 1.64. The van der Waals surface area contributed by atoms with Crippen LogP contribution < -0.4 is 14.2 Å². The summed E-state index contributed by atoms with van der Waals surface area (Å²) < 4.78 is 16.2. The van der Waals surface area contributed by atoms with E-state index in [1.807, 2.05) is 6.92 Å². The molecule has 5 heteroatoms. The van der Waals surface area contributed by atoms with Gasteiger partial charge in [-0.15, -0.1) is 0 Å². The standard InChI is InChI=1S/C15H16O5/c1-3-10(2)8-18-12-7-14-13(19-9-20-14)6-11(12)4-5-15(16)17/h4-7H,2-3,8-9H2,1H3,(H,16,17). The lowest BCUT2D eigenvalue weighted by atomic mass is 10.1. The number of rotatable bonds is 6. The minimum atomic E-state index is -1.02. The predicted molar refractivity (Wildman–Crippen MR) is 74.2 cm³/mol. The molecule has 1 N–H and O–H groups in total. The minimum Gasteiger partial charge on any atom is -0.488 e. The molecule has 0 bridgehead atoms. The molecular formula is C15H16O5. The fourth-order valence-electron chi connectivity index (χ4n) is 1.64. The highest BCUT2D eigenvalue weighted by atomic mass is 16.7. The number of hydrogen-bond donors (Lipinski definition) is 1. The molecule has 20 heavy (non-hydrogen) atoms. The predicted octanol–water partition coefficient (Wildman–Crippen LogP) is 2.86. The molecule has 0 atom stereocenters. The van der Waals surface area contributed by atoms with Gasteiger partial charge >= 0.3 is 5.97 Å². The Hall–Kier alpha value is -2.43. The Morgan fingerprint density at radius 3 is 2.80 bits per heavy atom. The van der Waals surface area contributed by atoms with Crippen molar-refractivity contribution in [1.82, 2.24) is 0 Å². The number of carbonyl (C=O) groups is 1. The topological polar surface area (TPSA) is 65.0 Å². The van der Waals surface area contributed by atoms with Crippen molar-refractivity contribution in [3.05, 3.63) is 35.9 Å². The molecule has 1 heterocycles. The van der Waals surface area contributed by atoms with E-state index in [1.165, 1.54) is 6.08 Å². The Kier molecular flexibility index (Phi) is 4.30. The molecule has 0 spiro atoms. The van der Waals surface area contributed by atoms with Crippen molar-refractivity contribution in [2.45, 2.75) is 13.3 Å². The van der Waals surface area contributed by atoms with Gasteiger partial charge in [-0.25, -0.2) is 4.79 Å². The fraction of sp³-hybridized carbons (Fsp3) is 0.267. The highest BCUT2D eigenvalue weighted by molar-refractivity contribution is 5.86. The Morgan fingerprint density at radius 2 is 2.15 bits per heavy atom. The van der Waals surface area contributed by atoms with Crippen LogP contribution in [0.5, 0.6) is 17.2 Å². The van der Waals surface area contributed by atoms with E-state index in [2.05, 4.69) is 6.58 Å². The lowest BCUT2D eigenvalue weighted by Gasteiger charge is -2.11. The first-order valence-electron chi connectivity index (χ1n) is 6.24. The maximum atomic E-state index is 10.6. The van der Waals surface area contributed by atoms with E-state index >= 15 is 0 Å². The molecular weight excluding hydrogens is 260 g/mol. The molecule has 0 radical (unpaired) electrons. The number of aliphatic carboxylic acids is 1. The summed E-state index contributed by atoms with van der Waals surface area (Å²) >= 11 is 0. The van der Waals surface area contributed by atoms with Crippen LogP contribution in [0.25, 0.3) is 6.08 Å². The first-order chi connectivity index (χ1) is 9.60. The average Bonchev–Trinajstić information content (AvgIpc) is 2.88. The smallest absolute Gasteiger partial charge is 0.328 e. The molecule has 0 fully saturated rings. The number of ether oxygens (including phenoxy) is 3. The van der Waals surface area contributed by atoms with Gasteiger partial charge in [-0.2, -0.15) is 0 Å². The van der Waals surface area contributed by atoms with E-state index in [0.29, 0.717) is 29.4 Å². The zero-order valence-electron chi connectivity index (χ0n) is 11.2. The molecule has 5 nitrogen and oxygen atoms in total. The number of carboxylic acid groups (broad SMARTS) is 1. The van der Waals surface area contributed by atoms with Crippen LogP contribution in [0.2, 0.25) is 0 Å². The summed E-state index contributed by atoms with van der Waals surface area (Å²) in [6.07, 6.45) is 3.35. The van der Waals surface area contributed by atoms with Gasteiger partial charge in [-0.05, 0) is 24.1 Å². The van der Waals surface area contributed by atoms with Crippen LogP contribution in [0.4, 0.5) is 0 Å². The van der Waals surface area contributed by atoms with Crippen molar-refractivity contribution in [2.24, 2.45) is 0 Å². The van der Waals surface area contributed by atoms with Gasteiger partial charge in [-0.3, -0.25) is 0 Å².